The number of amides is 1. The second-order valence-corrected chi connectivity index (χ2v) is 4.20. The Bertz CT molecular complexity index is 442. The molecule has 2 N–H and O–H groups in total. The van der Waals surface area contributed by atoms with E-state index in [4.69, 9.17) is 5.11 Å². The van der Waals surface area contributed by atoms with E-state index >= 15 is 0 Å². The van der Waals surface area contributed by atoms with Crippen LogP contribution in [0.3, 0.4) is 0 Å². The summed E-state index contributed by atoms with van der Waals surface area (Å²) in [5.74, 6) is -0.840. The lowest BCUT2D eigenvalue weighted by Crippen LogP contribution is -2.36. The van der Waals surface area contributed by atoms with Crippen molar-refractivity contribution >= 4 is 17.6 Å². The van der Waals surface area contributed by atoms with Crippen LogP contribution < -0.4 is 10.4 Å². The Morgan fingerprint density at radius 1 is 1.47 bits per heavy atom. The number of hydrazine groups is 1. The fraction of sp³-hybridized carbons (Fsp3) is 0.333. The molecule has 1 fully saturated rings. The zero-order chi connectivity index (χ0) is 12.4. The van der Waals surface area contributed by atoms with Gasteiger partial charge in [0.15, 0.2) is 0 Å². The standard InChI is InChI=1S/C12H14N2O3/c1-8-6-11(15)13-14(8)10-4-2-9(3-5-10)7-12(16)17/h2-5,8H,6-7H2,1H3,(H,13,15)(H,16,17). The van der Waals surface area contributed by atoms with Crippen LogP contribution in [0.4, 0.5) is 5.69 Å². The zero-order valence-electron chi connectivity index (χ0n) is 9.51. The molecule has 0 bridgehead atoms. The summed E-state index contributed by atoms with van der Waals surface area (Å²) in [6, 6.07) is 7.29. The highest BCUT2D eigenvalue weighted by molar-refractivity contribution is 5.82. The van der Waals surface area contributed by atoms with Gasteiger partial charge in [-0.3, -0.25) is 20.0 Å². The SMILES string of the molecule is CC1CC(=O)NN1c1ccc(CC(=O)O)cc1. The van der Waals surface area contributed by atoms with Crippen molar-refractivity contribution in [2.75, 3.05) is 5.01 Å². The highest BCUT2D eigenvalue weighted by atomic mass is 16.4. The second-order valence-electron chi connectivity index (χ2n) is 4.20. The quantitative estimate of drug-likeness (QED) is 0.816. The Morgan fingerprint density at radius 3 is 2.59 bits per heavy atom. The molecule has 0 spiro atoms. The van der Waals surface area contributed by atoms with Gasteiger partial charge in [-0.2, -0.15) is 0 Å². The molecule has 5 heteroatoms. The molecule has 1 saturated heterocycles. The molecule has 90 valence electrons. The van der Waals surface area contributed by atoms with Crippen LogP contribution >= 0.6 is 0 Å². The van der Waals surface area contributed by atoms with E-state index in [0.717, 1.165) is 11.3 Å². The van der Waals surface area contributed by atoms with Gasteiger partial charge < -0.3 is 5.11 Å². The monoisotopic (exact) mass is 234 g/mol. The molecular formula is C12H14N2O3. The lowest BCUT2D eigenvalue weighted by atomic mass is 10.1. The number of carboxylic acid groups (broad SMARTS) is 1. The van der Waals surface area contributed by atoms with Crippen molar-refractivity contribution in [3.05, 3.63) is 29.8 Å². The highest BCUT2D eigenvalue weighted by Crippen LogP contribution is 2.21. The van der Waals surface area contributed by atoms with Gasteiger partial charge in [-0.1, -0.05) is 12.1 Å². The lowest BCUT2D eigenvalue weighted by Gasteiger charge is -2.22. The molecule has 0 radical (unpaired) electrons. The Balaban J connectivity index is 2.12. The van der Waals surface area contributed by atoms with Crippen molar-refractivity contribution in [2.45, 2.75) is 25.8 Å². The molecular weight excluding hydrogens is 220 g/mol. The van der Waals surface area contributed by atoms with E-state index in [9.17, 15) is 9.59 Å². The van der Waals surface area contributed by atoms with E-state index in [1.807, 2.05) is 19.1 Å². The molecule has 0 aliphatic carbocycles. The number of carbonyl (C=O) groups is 2. The number of nitrogens with one attached hydrogen (secondary N) is 1. The third kappa shape index (κ3) is 2.55. The zero-order valence-corrected chi connectivity index (χ0v) is 9.51. The minimum atomic E-state index is -0.847. The van der Waals surface area contributed by atoms with Crippen LogP contribution in [0.5, 0.6) is 0 Å². The summed E-state index contributed by atoms with van der Waals surface area (Å²) in [4.78, 5) is 21.8. The first-order chi connectivity index (χ1) is 8.06. The molecule has 1 atom stereocenters. The number of carbonyl (C=O) groups excluding carboxylic acids is 1. The van der Waals surface area contributed by atoms with Crippen molar-refractivity contribution in [1.29, 1.82) is 0 Å². The number of rotatable bonds is 3. The molecule has 1 unspecified atom stereocenters. The van der Waals surface area contributed by atoms with Gasteiger partial charge in [0.1, 0.15) is 0 Å². The number of hydrogen-bond donors (Lipinski definition) is 2. The van der Waals surface area contributed by atoms with Gasteiger partial charge in [0.2, 0.25) is 5.91 Å². The van der Waals surface area contributed by atoms with Crippen LogP contribution in [0.2, 0.25) is 0 Å². The number of hydrogen-bond acceptors (Lipinski definition) is 3. The smallest absolute Gasteiger partial charge is 0.307 e. The first-order valence-corrected chi connectivity index (χ1v) is 5.45. The summed E-state index contributed by atoms with van der Waals surface area (Å²) >= 11 is 0. The predicted octanol–water partition coefficient (Wildman–Crippen LogP) is 0.943. The summed E-state index contributed by atoms with van der Waals surface area (Å²) in [6.07, 6.45) is 0.499. The van der Waals surface area contributed by atoms with Gasteiger partial charge in [-0.05, 0) is 24.6 Å². The van der Waals surface area contributed by atoms with Crippen LogP contribution in [0, 0.1) is 0 Å². The van der Waals surface area contributed by atoms with E-state index in [1.54, 1.807) is 17.1 Å². The maximum absolute atomic E-state index is 11.2. The van der Waals surface area contributed by atoms with Crippen LogP contribution in [0.15, 0.2) is 24.3 Å². The van der Waals surface area contributed by atoms with Crippen LogP contribution in [-0.2, 0) is 16.0 Å². The molecule has 1 aliphatic rings. The summed E-state index contributed by atoms with van der Waals surface area (Å²) in [6.45, 7) is 1.96. The van der Waals surface area contributed by atoms with Gasteiger partial charge >= 0.3 is 5.97 Å². The lowest BCUT2D eigenvalue weighted by molar-refractivity contribution is -0.136. The molecule has 1 amide bonds. The Hall–Kier alpha value is -2.04. The summed E-state index contributed by atoms with van der Waals surface area (Å²) < 4.78 is 0. The van der Waals surface area contributed by atoms with Crippen LogP contribution in [0.1, 0.15) is 18.9 Å². The first-order valence-electron chi connectivity index (χ1n) is 5.45. The molecule has 0 saturated carbocycles. The number of nitrogens with zero attached hydrogens (tertiary/aromatic N) is 1. The normalized spacial score (nSPS) is 19.2. The van der Waals surface area contributed by atoms with Gasteiger partial charge in [-0.15, -0.1) is 0 Å². The van der Waals surface area contributed by atoms with Crippen molar-refractivity contribution in [3.63, 3.8) is 0 Å². The summed E-state index contributed by atoms with van der Waals surface area (Å²) in [7, 11) is 0. The Kier molecular flexibility index (Phi) is 2.99. The maximum Gasteiger partial charge on any atom is 0.307 e. The van der Waals surface area contributed by atoms with Gasteiger partial charge in [0.25, 0.3) is 0 Å². The number of aliphatic carboxylic acids is 1. The minimum absolute atomic E-state index is 0.00659. The molecule has 1 aromatic rings. The fourth-order valence-corrected chi connectivity index (χ4v) is 1.92. The molecule has 1 aliphatic heterocycles. The average molecular weight is 234 g/mol. The molecule has 2 rings (SSSR count). The van der Waals surface area contributed by atoms with E-state index in [-0.39, 0.29) is 18.4 Å². The van der Waals surface area contributed by atoms with E-state index in [2.05, 4.69) is 5.43 Å². The third-order valence-electron chi connectivity index (χ3n) is 2.74. The summed E-state index contributed by atoms with van der Waals surface area (Å²) in [5, 5.41) is 10.5. The van der Waals surface area contributed by atoms with E-state index in [1.165, 1.54) is 0 Å². The number of benzene rings is 1. The molecule has 1 heterocycles. The number of anilines is 1. The second kappa shape index (κ2) is 4.45. The fourth-order valence-electron chi connectivity index (χ4n) is 1.92. The average Bonchev–Trinajstić information content (AvgIpc) is 2.58. The Labute approximate surface area is 99.0 Å². The van der Waals surface area contributed by atoms with Crippen molar-refractivity contribution in [2.24, 2.45) is 0 Å². The van der Waals surface area contributed by atoms with Crippen molar-refractivity contribution in [1.82, 2.24) is 5.43 Å². The third-order valence-corrected chi connectivity index (χ3v) is 2.74. The summed E-state index contributed by atoms with van der Waals surface area (Å²) in [5.41, 5.74) is 4.38. The predicted molar refractivity (Wildman–Crippen MR) is 62.5 cm³/mol. The Morgan fingerprint density at radius 2 is 2.12 bits per heavy atom. The molecule has 5 nitrogen and oxygen atoms in total. The maximum atomic E-state index is 11.2. The van der Waals surface area contributed by atoms with Crippen LogP contribution in [-0.4, -0.2) is 23.0 Å². The van der Waals surface area contributed by atoms with Crippen LogP contribution in [0.25, 0.3) is 0 Å². The topological polar surface area (TPSA) is 69.6 Å². The molecule has 0 aromatic heterocycles. The van der Waals surface area contributed by atoms with Gasteiger partial charge in [-0.25, -0.2) is 0 Å². The van der Waals surface area contributed by atoms with Crippen molar-refractivity contribution in [3.8, 4) is 0 Å². The minimum Gasteiger partial charge on any atom is -0.481 e. The number of carboxylic acids is 1. The van der Waals surface area contributed by atoms with E-state index in [0.29, 0.717) is 6.42 Å². The van der Waals surface area contributed by atoms with Gasteiger partial charge in [0, 0.05) is 0 Å². The molecule has 1 aromatic carbocycles. The largest absolute Gasteiger partial charge is 0.481 e. The highest BCUT2D eigenvalue weighted by Gasteiger charge is 2.26. The molecule has 17 heavy (non-hydrogen) atoms. The van der Waals surface area contributed by atoms with Crippen molar-refractivity contribution < 1.29 is 14.7 Å². The van der Waals surface area contributed by atoms with E-state index < -0.39 is 5.97 Å². The first kappa shape index (κ1) is 11.4. The van der Waals surface area contributed by atoms with Gasteiger partial charge in [0.05, 0.1) is 24.6 Å².